The maximum Gasteiger partial charge on any atom is 0.327 e. The molecule has 0 spiro atoms. The molecule has 1 N–H and O–H groups in total. The summed E-state index contributed by atoms with van der Waals surface area (Å²) < 4.78 is 5.26. The van der Waals surface area contributed by atoms with E-state index in [0.717, 1.165) is 6.42 Å². The molecule has 0 saturated carbocycles. The van der Waals surface area contributed by atoms with Gasteiger partial charge in [0.2, 0.25) is 0 Å². The third-order valence-electron chi connectivity index (χ3n) is 2.66. The molecule has 0 radical (unpaired) electrons. The Labute approximate surface area is 91.8 Å². The van der Waals surface area contributed by atoms with Crippen LogP contribution in [0.15, 0.2) is 0 Å². The van der Waals surface area contributed by atoms with Crippen LogP contribution in [0.5, 0.6) is 0 Å². The number of hydrogen-bond donors (Lipinski definition) is 1. The molecule has 2 aliphatic heterocycles. The lowest BCUT2D eigenvalue weighted by Gasteiger charge is -2.23. The Hall–Kier alpha value is -0.750. The lowest BCUT2D eigenvalue weighted by Crippen LogP contribution is -2.46. The van der Waals surface area contributed by atoms with Crippen LogP contribution in [0, 0.1) is 0 Å². The number of amides is 1. The van der Waals surface area contributed by atoms with Gasteiger partial charge in [0, 0.05) is 12.4 Å². The Morgan fingerprint density at radius 1 is 1.47 bits per heavy atom. The van der Waals surface area contributed by atoms with Gasteiger partial charge < -0.3 is 14.7 Å². The minimum atomic E-state index is -0.925. The zero-order chi connectivity index (χ0) is 10.8. The summed E-state index contributed by atoms with van der Waals surface area (Å²) in [5, 5.41) is 8.93. The number of rotatable bonds is 2. The van der Waals surface area contributed by atoms with Crippen LogP contribution in [-0.4, -0.2) is 52.3 Å². The number of hydrogen-bond acceptors (Lipinski definition) is 4. The smallest absolute Gasteiger partial charge is 0.327 e. The SMILES string of the molecule is O=C(O)C1CSCN1C(=O)[C@H]1CCCO1. The fraction of sp³-hybridized carbons (Fsp3) is 0.778. The normalized spacial score (nSPS) is 30.8. The predicted octanol–water partition coefficient (Wildman–Crippen LogP) is 0.151. The van der Waals surface area contributed by atoms with Gasteiger partial charge in [0.1, 0.15) is 12.1 Å². The van der Waals surface area contributed by atoms with Crippen LogP contribution in [0.2, 0.25) is 0 Å². The van der Waals surface area contributed by atoms with E-state index in [0.29, 0.717) is 24.7 Å². The maximum absolute atomic E-state index is 11.9. The molecule has 1 amide bonds. The molecule has 6 heteroatoms. The molecule has 1 unspecified atom stereocenters. The number of carboxylic acids is 1. The molecule has 2 rings (SSSR count). The maximum atomic E-state index is 11.9. The van der Waals surface area contributed by atoms with E-state index in [1.165, 1.54) is 16.7 Å². The van der Waals surface area contributed by atoms with Gasteiger partial charge >= 0.3 is 5.97 Å². The molecule has 0 bridgehead atoms. The molecule has 0 aromatic heterocycles. The lowest BCUT2D eigenvalue weighted by molar-refractivity contribution is -0.151. The molecule has 0 aliphatic carbocycles. The molecule has 2 aliphatic rings. The average Bonchev–Trinajstić information content (AvgIpc) is 2.88. The molecule has 5 nitrogen and oxygen atoms in total. The van der Waals surface area contributed by atoms with Crippen LogP contribution < -0.4 is 0 Å². The highest BCUT2D eigenvalue weighted by Gasteiger charge is 2.38. The standard InChI is InChI=1S/C9H13NO4S/c11-8(7-2-1-3-14-7)10-5-15-4-6(10)9(12)13/h6-7H,1-5H2,(H,12,13)/t6?,7-/m1/s1. The van der Waals surface area contributed by atoms with E-state index in [-0.39, 0.29) is 5.91 Å². The molecule has 0 aromatic carbocycles. The van der Waals surface area contributed by atoms with Crippen molar-refractivity contribution in [2.45, 2.75) is 25.0 Å². The highest BCUT2D eigenvalue weighted by Crippen LogP contribution is 2.24. The first-order chi connectivity index (χ1) is 7.20. The zero-order valence-corrected chi connectivity index (χ0v) is 9.03. The van der Waals surface area contributed by atoms with E-state index in [2.05, 4.69) is 0 Å². The summed E-state index contributed by atoms with van der Waals surface area (Å²) in [5.74, 6) is -0.139. The van der Waals surface area contributed by atoms with Gasteiger partial charge in [-0.2, -0.15) is 0 Å². The second-order valence-electron chi connectivity index (χ2n) is 3.66. The third-order valence-corrected chi connectivity index (χ3v) is 3.67. The van der Waals surface area contributed by atoms with Crippen LogP contribution >= 0.6 is 11.8 Å². The van der Waals surface area contributed by atoms with E-state index in [1.54, 1.807) is 0 Å². The van der Waals surface area contributed by atoms with Gasteiger partial charge in [0.05, 0.1) is 5.88 Å². The molecule has 2 fully saturated rings. The quantitative estimate of drug-likeness (QED) is 0.733. The molecule has 15 heavy (non-hydrogen) atoms. The number of carbonyl (C=O) groups is 2. The number of carboxylic acid groups (broad SMARTS) is 1. The summed E-state index contributed by atoms with van der Waals surface area (Å²) in [6.07, 6.45) is 1.19. The molecule has 84 valence electrons. The molecular weight excluding hydrogens is 218 g/mol. The van der Waals surface area contributed by atoms with Crippen molar-refractivity contribution in [3.63, 3.8) is 0 Å². The predicted molar refractivity (Wildman–Crippen MR) is 54.6 cm³/mol. The Balaban J connectivity index is 2.02. The van der Waals surface area contributed by atoms with Crippen molar-refractivity contribution in [2.24, 2.45) is 0 Å². The number of ether oxygens (including phenoxy) is 1. The Morgan fingerprint density at radius 3 is 2.87 bits per heavy atom. The number of thioether (sulfide) groups is 1. The second kappa shape index (κ2) is 4.40. The first-order valence-corrected chi connectivity index (χ1v) is 6.08. The van der Waals surface area contributed by atoms with Crippen LogP contribution in [0.4, 0.5) is 0 Å². The molecule has 0 aromatic rings. The van der Waals surface area contributed by atoms with E-state index in [4.69, 9.17) is 9.84 Å². The number of nitrogens with zero attached hydrogens (tertiary/aromatic N) is 1. The van der Waals surface area contributed by atoms with Crippen molar-refractivity contribution in [1.82, 2.24) is 4.90 Å². The van der Waals surface area contributed by atoms with Crippen molar-refractivity contribution in [2.75, 3.05) is 18.2 Å². The van der Waals surface area contributed by atoms with E-state index < -0.39 is 18.1 Å². The highest BCUT2D eigenvalue weighted by atomic mass is 32.2. The number of aliphatic carboxylic acids is 1. The fourth-order valence-electron chi connectivity index (χ4n) is 1.82. The Morgan fingerprint density at radius 2 is 2.27 bits per heavy atom. The summed E-state index contributed by atoms with van der Waals surface area (Å²) in [6, 6.07) is -0.674. The first kappa shape index (κ1) is 10.8. The number of carbonyl (C=O) groups excluding carboxylic acids is 1. The monoisotopic (exact) mass is 231 g/mol. The van der Waals surface area contributed by atoms with Crippen molar-refractivity contribution in [1.29, 1.82) is 0 Å². The van der Waals surface area contributed by atoms with Gasteiger partial charge in [0.25, 0.3) is 5.91 Å². The van der Waals surface area contributed by atoms with Gasteiger partial charge in [-0.1, -0.05) is 0 Å². The van der Waals surface area contributed by atoms with Gasteiger partial charge in [-0.3, -0.25) is 4.79 Å². The summed E-state index contributed by atoms with van der Waals surface area (Å²) in [6.45, 7) is 0.606. The van der Waals surface area contributed by atoms with Crippen LogP contribution in [0.3, 0.4) is 0 Å². The highest BCUT2D eigenvalue weighted by molar-refractivity contribution is 7.99. The molecular formula is C9H13NO4S. The van der Waals surface area contributed by atoms with E-state index >= 15 is 0 Å². The van der Waals surface area contributed by atoms with Crippen LogP contribution in [0.25, 0.3) is 0 Å². The second-order valence-corrected chi connectivity index (χ2v) is 4.66. The van der Waals surface area contributed by atoms with Crippen molar-refractivity contribution in [3.05, 3.63) is 0 Å². The van der Waals surface area contributed by atoms with Crippen molar-refractivity contribution in [3.8, 4) is 0 Å². The van der Waals surface area contributed by atoms with E-state index in [1.807, 2.05) is 0 Å². The Kier molecular flexibility index (Phi) is 3.16. The topological polar surface area (TPSA) is 66.8 Å². The van der Waals surface area contributed by atoms with Gasteiger partial charge in [0.15, 0.2) is 0 Å². The van der Waals surface area contributed by atoms with Crippen LogP contribution in [-0.2, 0) is 14.3 Å². The van der Waals surface area contributed by atoms with Crippen LogP contribution in [0.1, 0.15) is 12.8 Å². The Bertz CT molecular complexity index is 277. The molecule has 2 saturated heterocycles. The van der Waals surface area contributed by atoms with Gasteiger partial charge in [-0.25, -0.2) is 4.79 Å². The van der Waals surface area contributed by atoms with Gasteiger partial charge in [-0.05, 0) is 12.8 Å². The average molecular weight is 231 g/mol. The third kappa shape index (κ3) is 2.10. The largest absolute Gasteiger partial charge is 0.480 e. The fourth-order valence-corrected chi connectivity index (χ4v) is 2.98. The summed E-state index contributed by atoms with van der Waals surface area (Å²) in [5.41, 5.74) is 0. The first-order valence-electron chi connectivity index (χ1n) is 4.93. The minimum absolute atomic E-state index is 0.162. The van der Waals surface area contributed by atoms with E-state index in [9.17, 15) is 9.59 Å². The van der Waals surface area contributed by atoms with Crippen molar-refractivity contribution >= 4 is 23.6 Å². The zero-order valence-electron chi connectivity index (χ0n) is 8.22. The minimum Gasteiger partial charge on any atom is -0.480 e. The van der Waals surface area contributed by atoms with Crippen molar-refractivity contribution < 1.29 is 19.4 Å². The summed E-state index contributed by atoms with van der Waals surface area (Å²) in [4.78, 5) is 24.2. The molecule has 2 heterocycles. The molecule has 2 atom stereocenters. The van der Waals surface area contributed by atoms with Gasteiger partial charge in [-0.15, -0.1) is 11.8 Å². The summed E-state index contributed by atoms with van der Waals surface area (Å²) in [7, 11) is 0. The summed E-state index contributed by atoms with van der Waals surface area (Å²) >= 11 is 1.47. The lowest BCUT2D eigenvalue weighted by atomic mass is 10.2.